The van der Waals surface area contributed by atoms with E-state index in [1.165, 1.54) is 10.8 Å². The number of aromatic amines is 1. The molecule has 88 valence electrons. The minimum atomic E-state index is -0.472. The molecule has 0 unspecified atom stereocenters. The van der Waals surface area contributed by atoms with E-state index in [0.717, 1.165) is 0 Å². The molecule has 0 atom stereocenters. The van der Waals surface area contributed by atoms with Crippen LogP contribution in [0.15, 0.2) is 15.8 Å². The van der Waals surface area contributed by atoms with Gasteiger partial charge in [-0.05, 0) is 6.92 Å². The predicted molar refractivity (Wildman–Crippen MR) is 64.3 cm³/mol. The van der Waals surface area contributed by atoms with Crippen molar-refractivity contribution in [2.75, 3.05) is 6.54 Å². The molecule has 3 N–H and O–H groups in total. The van der Waals surface area contributed by atoms with Gasteiger partial charge in [-0.1, -0.05) is 25.7 Å². The maximum absolute atomic E-state index is 11.2. The summed E-state index contributed by atoms with van der Waals surface area (Å²) in [5, 5.41) is 0. The topological polar surface area (TPSA) is 80.9 Å². The van der Waals surface area contributed by atoms with E-state index in [1.54, 1.807) is 6.92 Å². The van der Waals surface area contributed by atoms with Crippen molar-refractivity contribution < 1.29 is 0 Å². The van der Waals surface area contributed by atoms with Crippen molar-refractivity contribution in [2.45, 2.75) is 27.3 Å². The standard InChI is InChI=1S/C9H11N3O2.C2H6/c1-2-12-6-7(4-3-5-10)8(13)11-9(12)14;1-2/h6H,2,5,10H2,1H3,(H,11,13,14);1-2H3. The van der Waals surface area contributed by atoms with Crippen molar-refractivity contribution >= 4 is 0 Å². The first-order valence-electron chi connectivity index (χ1n) is 5.21. The van der Waals surface area contributed by atoms with Crippen LogP contribution in [-0.4, -0.2) is 16.1 Å². The summed E-state index contributed by atoms with van der Waals surface area (Å²) in [4.78, 5) is 24.5. The predicted octanol–water partition coefficient (Wildman–Crippen LogP) is -0.107. The molecule has 0 saturated heterocycles. The third-order valence-corrected chi connectivity index (χ3v) is 1.68. The van der Waals surface area contributed by atoms with Crippen LogP contribution < -0.4 is 17.0 Å². The molecule has 1 rings (SSSR count). The Kier molecular flexibility index (Phi) is 6.64. The number of hydrogen-bond acceptors (Lipinski definition) is 3. The SMILES string of the molecule is CC.CCn1cc(C#CCN)c(=O)[nH]c1=O. The zero-order chi connectivity index (χ0) is 12.6. The van der Waals surface area contributed by atoms with Gasteiger partial charge in [-0.2, -0.15) is 0 Å². The van der Waals surface area contributed by atoms with E-state index in [1.807, 2.05) is 13.8 Å². The van der Waals surface area contributed by atoms with Crippen LogP contribution >= 0.6 is 0 Å². The van der Waals surface area contributed by atoms with Gasteiger partial charge in [-0.25, -0.2) is 4.79 Å². The lowest BCUT2D eigenvalue weighted by molar-refractivity contribution is 0.691. The largest absolute Gasteiger partial charge is 0.328 e. The number of nitrogens with one attached hydrogen (secondary N) is 1. The minimum absolute atomic E-state index is 0.185. The van der Waals surface area contributed by atoms with Crippen LogP contribution in [0.5, 0.6) is 0 Å². The molecule has 1 heterocycles. The molecule has 1 aromatic heterocycles. The van der Waals surface area contributed by atoms with Crippen molar-refractivity contribution in [2.24, 2.45) is 5.73 Å². The van der Waals surface area contributed by atoms with Crippen LogP contribution in [0, 0.1) is 11.8 Å². The Morgan fingerprint density at radius 3 is 2.56 bits per heavy atom. The number of H-pyrrole nitrogens is 1. The maximum atomic E-state index is 11.2. The first kappa shape index (κ1) is 14.2. The average Bonchev–Trinajstić information content (AvgIpc) is 2.31. The van der Waals surface area contributed by atoms with E-state index in [0.29, 0.717) is 6.54 Å². The number of aromatic nitrogens is 2. The van der Waals surface area contributed by atoms with Crippen molar-refractivity contribution in [1.82, 2.24) is 9.55 Å². The summed E-state index contributed by atoms with van der Waals surface area (Å²) < 4.78 is 1.38. The van der Waals surface area contributed by atoms with Crippen molar-refractivity contribution in [3.8, 4) is 11.8 Å². The molecule has 5 nitrogen and oxygen atoms in total. The van der Waals surface area contributed by atoms with Crippen LogP contribution in [0.4, 0.5) is 0 Å². The van der Waals surface area contributed by atoms with Crippen molar-refractivity contribution in [3.63, 3.8) is 0 Å². The Labute approximate surface area is 94.3 Å². The summed E-state index contributed by atoms with van der Waals surface area (Å²) in [6.45, 7) is 6.48. The smallest absolute Gasteiger partial charge is 0.320 e. The number of aryl methyl sites for hydroxylation is 1. The fourth-order valence-electron chi connectivity index (χ4n) is 0.980. The van der Waals surface area contributed by atoms with Gasteiger partial charge in [0.25, 0.3) is 5.56 Å². The van der Waals surface area contributed by atoms with Gasteiger partial charge < -0.3 is 5.73 Å². The first-order valence-corrected chi connectivity index (χ1v) is 5.21. The summed E-state index contributed by atoms with van der Waals surface area (Å²) in [5.41, 5.74) is 4.54. The fraction of sp³-hybridized carbons (Fsp3) is 0.455. The Morgan fingerprint density at radius 1 is 1.44 bits per heavy atom. The lowest BCUT2D eigenvalue weighted by atomic mass is 10.3. The van der Waals surface area contributed by atoms with Gasteiger partial charge in [0, 0.05) is 12.7 Å². The maximum Gasteiger partial charge on any atom is 0.328 e. The molecule has 0 fully saturated rings. The lowest BCUT2D eigenvalue weighted by Crippen LogP contribution is -2.30. The second-order valence-electron chi connectivity index (χ2n) is 2.59. The van der Waals surface area contributed by atoms with Gasteiger partial charge in [0.15, 0.2) is 0 Å². The molecular weight excluding hydrogens is 206 g/mol. The molecule has 16 heavy (non-hydrogen) atoms. The third kappa shape index (κ3) is 3.75. The summed E-state index contributed by atoms with van der Waals surface area (Å²) in [7, 11) is 0. The molecule has 0 spiro atoms. The number of nitrogens with zero attached hydrogens (tertiary/aromatic N) is 1. The molecule has 0 aliphatic rings. The summed E-state index contributed by atoms with van der Waals surface area (Å²) in [5.74, 6) is 5.15. The quantitative estimate of drug-likeness (QED) is 0.652. The Bertz CT molecular complexity index is 488. The fourth-order valence-corrected chi connectivity index (χ4v) is 0.980. The molecule has 0 aromatic carbocycles. The first-order chi connectivity index (χ1) is 7.69. The Morgan fingerprint density at radius 2 is 2.06 bits per heavy atom. The zero-order valence-corrected chi connectivity index (χ0v) is 9.83. The second-order valence-corrected chi connectivity index (χ2v) is 2.59. The van der Waals surface area contributed by atoms with Gasteiger partial charge in [-0.15, -0.1) is 0 Å². The molecule has 0 bridgehead atoms. The second kappa shape index (κ2) is 7.49. The minimum Gasteiger partial charge on any atom is -0.320 e. The van der Waals surface area contributed by atoms with Crippen LogP contribution in [0.1, 0.15) is 26.3 Å². The lowest BCUT2D eigenvalue weighted by Gasteiger charge is -1.99. The highest BCUT2D eigenvalue weighted by molar-refractivity contribution is 5.29. The molecule has 0 saturated carbocycles. The van der Waals surface area contributed by atoms with Crippen LogP contribution in [0.3, 0.4) is 0 Å². The summed E-state index contributed by atoms with van der Waals surface area (Å²) in [6.07, 6.45) is 1.43. The van der Waals surface area contributed by atoms with E-state index in [2.05, 4.69) is 16.8 Å². The molecule has 0 radical (unpaired) electrons. The van der Waals surface area contributed by atoms with E-state index in [4.69, 9.17) is 5.73 Å². The van der Waals surface area contributed by atoms with Gasteiger partial charge in [-0.3, -0.25) is 14.3 Å². The number of nitrogens with two attached hydrogens (primary N) is 1. The monoisotopic (exact) mass is 223 g/mol. The van der Waals surface area contributed by atoms with E-state index in [9.17, 15) is 9.59 Å². The highest BCUT2D eigenvalue weighted by atomic mass is 16.2. The number of hydrogen-bond donors (Lipinski definition) is 2. The van der Waals surface area contributed by atoms with Gasteiger partial charge in [0.05, 0.1) is 6.54 Å². The Balaban J connectivity index is 0.00000106. The van der Waals surface area contributed by atoms with Gasteiger partial charge in [0.1, 0.15) is 5.56 Å². The van der Waals surface area contributed by atoms with Crippen molar-refractivity contribution in [1.29, 1.82) is 0 Å². The average molecular weight is 223 g/mol. The zero-order valence-electron chi connectivity index (χ0n) is 9.83. The van der Waals surface area contributed by atoms with E-state index < -0.39 is 11.2 Å². The van der Waals surface area contributed by atoms with Crippen molar-refractivity contribution in [3.05, 3.63) is 32.6 Å². The highest BCUT2D eigenvalue weighted by Gasteiger charge is 1.99. The summed E-state index contributed by atoms with van der Waals surface area (Å²) >= 11 is 0. The Hall–Kier alpha value is -1.80. The molecule has 0 aliphatic heterocycles. The summed E-state index contributed by atoms with van der Waals surface area (Å²) in [6, 6.07) is 0. The van der Waals surface area contributed by atoms with Crippen LogP contribution in [0.25, 0.3) is 0 Å². The van der Waals surface area contributed by atoms with E-state index >= 15 is 0 Å². The normalized spacial score (nSPS) is 8.50. The van der Waals surface area contributed by atoms with Gasteiger partial charge in [0.2, 0.25) is 0 Å². The molecule has 1 aromatic rings. The molecule has 0 amide bonds. The van der Waals surface area contributed by atoms with Crippen LogP contribution in [-0.2, 0) is 6.54 Å². The molecule has 5 heteroatoms. The van der Waals surface area contributed by atoms with E-state index in [-0.39, 0.29) is 12.1 Å². The molecular formula is C11H17N3O2. The third-order valence-electron chi connectivity index (χ3n) is 1.68. The van der Waals surface area contributed by atoms with Crippen LogP contribution in [0.2, 0.25) is 0 Å². The highest BCUT2D eigenvalue weighted by Crippen LogP contribution is 1.84. The number of rotatable bonds is 1. The molecule has 0 aliphatic carbocycles. The van der Waals surface area contributed by atoms with Gasteiger partial charge >= 0.3 is 5.69 Å².